The van der Waals surface area contributed by atoms with Crippen LogP contribution in [-0.2, 0) is 11.2 Å². The van der Waals surface area contributed by atoms with Gasteiger partial charge in [-0.1, -0.05) is 17.7 Å². The van der Waals surface area contributed by atoms with Crippen molar-refractivity contribution in [3.63, 3.8) is 0 Å². The van der Waals surface area contributed by atoms with Crippen LogP contribution in [0.1, 0.15) is 37.4 Å². The molecule has 1 aliphatic heterocycles. The predicted molar refractivity (Wildman–Crippen MR) is 98.3 cm³/mol. The maximum Gasteiger partial charge on any atom is 0.225 e. The van der Waals surface area contributed by atoms with Gasteiger partial charge in [-0.2, -0.15) is 0 Å². The van der Waals surface area contributed by atoms with E-state index in [1.807, 2.05) is 32.0 Å². The van der Waals surface area contributed by atoms with Crippen LogP contribution in [-0.4, -0.2) is 18.6 Å². The smallest absolute Gasteiger partial charge is 0.225 e. The molecule has 26 heavy (non-hydrogen) atoms. The van der Waals surface area contributed by atoms with Gasteiger partial charge < -0.3 is 14.8 Å². The number of carbonyl (C=O) groups excluding carboxylic acids is 1. The summed E-state index contributed by atoms with van der Waals surface area (Å²) in [5.41, 5.74) is 0.756. The molecule has 0 unspecified atom stereocenters. The van der Waals surface area contributed by atoms with Gasteiger partial charge in [0, 0.05) is 23.1 Å². The number of carbonyl (C=O) groups is 1. The molecule has 1 aliphatic rings. The first kappa shape index (κ1) is 18.5. The van der Waals surface area contributed by atoms with E-state index in [1.54, 1.807) is 13.2 Å². The maximum absolute atomic E-state index is 13.9. The number of hydrogen-bond acceptors (Lipinski definition) is 3. The number of amides is 1. The summed E-state index contributed by atoms with van der Waals surface area (Å²) in [5.74, 6) is 0.638. The summed E-state index contributed by atoms with van der Waals surface area (Å²) in [5, 5.41) is 3.31. The molecule has 2 aromatic rings. The Kier molecular flexibility index (Phi) is 5.10. The lowest BCUT2D eigenvalue weighted by Crippen LogP contribution is -2.41. The van der Waals surface area contributed by atoms with Crippen molar-refractivity contribution in [1.82, 2.24) is 5.32 Å². The Labute approximate surface area is 157 Å². The highest BCUT2D eigenvalue weighted by Gasteiger charge is 2.34. The third-order valence-electron chi connectivity index (χ3n) is 4.38. The predicted octanol–water partition coefficient (Wildman–Crippen LogP) is 4.45. The summed E-state index contributed by atoms with van der Waals surface area (Å²) in [7, 11) is 1.59. The van der Waals surface area contributed by atoms with Crippen molar-refractivity contribution in [3.05, 3.63) is 58.4 Å². The quantitative estimate of drug-likeness (QED) is 0.856. The van der Waals surface area contributed by atoms with E-state index in [9.17, 15) is 9.18 Å². The SMILES string of the molecule is COc1ccc2c(c1)OC(C)(C)C[C@@H]2NC(=O)Cc1ccc(Cl)cc1F. The summed E-state index contributed by atoms with van der Waals surface area (Å²) in [4.78, 5) is 12.5. The molecule has 0 bridgehead atoms. The van der Waals surface area contributed by atoms with Crippen LogP contribution in [0.2, 0.25) is 5.02 Å². The Balaban J connectivity index is 1.79. The Hall–Kier alpha value is -2.27. The maximum atomic E-state index is 13.9. The topological polar surface area (TPSA) is 47.6 Å². The van der Waals surface area contributed by atoms with Gasteiger partial charge in [-0.3, -0.25) is 4.79 Å². The molecule has 1 N–H and O–H groups in total. The largest absolute Gasteiger partial charge is 0.497 e. The lowest BCUT2D eigenvalue weighted by Gasteiger charge is -2.38. The number of fused-ring (bicyclic) bond motifs is 1. The number of methoxy groups -OCH3 is 1. The van der Waals surface area contributed by atoms with Gasteiger partial charge in [-0.05, 0) is 43.7 Å². The molecule has 0 fully saturated rings. The molecule has 0 aromatic heterocycles. The second kappa shape index (κ2) is 7.16. The number of ether oxygens (including phenoxy) is 2. The Bertz CT molecular complexity index is 838. The van der Waals surface area contributed by atoms with Crippen LogP contribution in [0.15, 0.2) is 36.4 Å². The lowest BCUT2D eigenvalue weighted by atomic mass is 9.89. The van der Waals surface area contributed by atoms with E-state index < -0.39 is 11.4 Å². The minimum atomic E-state index is -0.481. The molecule has 2 aromatic carbocycles. The summed E-state index contributed by atoms with van der Waals surface area (Å²) < 4.78 is 25.2. The average Bonchev–Trinajstić information content (AvgIpc) is 2.55. The Morgan fingerprint density at radius 1 is 1.35 bits per heavy atom. The third-order valence-corrected chi connectivity index (χ3v) is 4.61. The number of rotatable bonds is 4. The first-order valence-electron chi connectivity index (χ1n) is 8.38. The fourth-order valence-electron chi connectivity index (χ4n) is 3.17. The van der Waals surface area contributed by atoms with Gasteiger partial charge in [0.1, 0.15) is 22.9 Å². The highest BCUT2D eigenvalue weighted by Crippen LogP contribution is 2.41. The molecule has 1 amide bonds. The Morgan fingerprint density at radius 2 is 2.12 bits per heavy atom. The molecule has 1 atom stereocenters. The summed E-state index contributed by atoms with van der Waals surface area (Å²) >= 11 is 5.76. The first-order chi connectivity index (χ1) is 12.3. The van der Waals surface area contributed by atoms with Crippen molar-refractivity contribution in [2.24, 2.45) is 0 Å². The zero-order valence-electron chi connectivity index (χ0n) is 14.9. The van der Waals surface area contributed by atoms with Gasteiger partial charge in [-0.15, -0.1) is 0 Å². The van der Waals surface area contributed by atoms with Crippen LogP contribution in [0, 0.1) is 5.82 Å². The molecule has 138 valence electrons. The van der Waals surface area contributed by atoms with Gasteiger partial charge >= 0.3 is 0 Å². The minimum Gasteiger partial charge on any atom is -0.497 e. The monoisotopic (exact) mass is 377 g/mol. The molecule has 0 spiro atoms. The van der Waals surface area contributed by atoms with Crippen LogP contribution in [0.4, 0.5) is 4.39 Å². The van der Waals surface area contributed by atoms with E-state index in [1.165, 1.54) is 12.1 Å². The van der Waals surface area contributed by atoms with Gasteiger partial charge in [-0.25, -0.2) is 4.39 Å². The van der Waals surface area contributed by atoms with Crippen LogP contribution < -0.4 is 14.8 Å². The second-order valence-corrected chi connectivity index (χ2v) is 7.44. The summed E-state index contributed by atoms with van der Waals surface area (Å²) in [6, 6.07) is 9.63. The molecule has 6 heteroatoms. The third kappa shape index (κ3) is 4.10. The van der Waals surface area contributed by atoms with E-state index in [0.29, 0.717) is 28.5 Å². The number of hydrogen-bond donors (Lipinski definition) is 1. The molecule has 0 radical (unpaired) electrons. The average molecular weight is 378 g/mol. The zero-order chi connectivity index (χ0) is 18.9. The fourth-order valence-corrected chi connectivity index (χ4v) is 3.33. The molecular weight excluding hydrogens is 357 g/mol. The van der Waals surface area contributed by atoms with Crippen molar-refractivity contribution >= 4 is 17.5 Å². The van der Waals surface area contributed by atoms with Crippen LogP contribution >= 0.6 is 11.6 Å². The fraction of sp³-hybridized carbons (Fsp3) is 0.350. The highest BCUT2D eigenvalue weighted by molar-refractivity contribution is 6.30. The van der Waals surface area contributed by atoms with Crippen molar-refractivity contribution in [2.75, 3.05) is 7.11 Å². The van der Waals surface area contributed by atoms with Crippen molar-refractivity contribution in [3.8, 4) is 11.5 Å². The van der Waals surface area contributed by atoms with E-state index in [-0.39, 0.29) is 18.4 Å². The van der Waals surface area contributed by atoms with E-state index in [2.05, 4.69) is 5.32 Å². The van der Waals surface area contributed by atoms with Crippen molar-refractivity contribution in [1.29, 1.82) is 0 Å². The molecule has 0 saturated heterocycles. The number of halogens is 2. The van der Waals surface area contributed by atoms with Crippen molar-refractivity contribution in [2.45, 2.75) is 38.3 Å². The first-order valence-corrected chi connectivity index (χ1v) is 8.75. The normalized spacial score (nSPS) is 17.8. The van der Waals surface area contributed by atoms with E-state index in [4.69, 9.17) is 21.1 Å². The lowest BCUT2D eigenvalue weighted by molar-refractivity contribution is -0.121. The van der Waals surface area contributed by atoms with Gasteiger partial charge in [0.05, 0.1) is 19.6 Å². The molecule has 0 aliphatic carbocycles. The van der Waals surface area contributed by atoms with E-state index in [0.717, 1.165) is 5.56 Å². The minimum absolute atomic E-state index is 0.0493. The summed E-state index contributed by atoms with van der Waals surface area (Å²) in [6.45, 7) is 3.93. The molecular formula is C20H21ClFNO3. The molecule has 3 rings (SSSR count). The van der Waals surface area contributed by atoms with Crippen LogP contribution in [0.3, 0.4) is 0 Å². The number of nitrogens with one attached hydrogen (secondary N) is 1. The van der Waals surface area contributed by atoms with Crippen LogP contribution in [0.25, 0.3) is 0 Å². The standard InChI is InChI=1S/C20H21ClFNO3/c1-20(2)11-17(15-7-6-14(25-3)10-18(15)26-20)23-19(24)8-12-4-5-13(21)9-16(12)22/h4-7,9-10,17H,8,11H2,1-3H3,(H,23,24)/t17-/m0/s1. The van der Waals surface area contributed by atoms with Crippen LogP contribution in [0.5, 0.6) is 11.5 Å². The van der Waals surface area contributed by atoms with E-state index >= 15 is 0 Å². The van der Waals surface area contributed by atoms with Gasteiger partial charge in [0.25, 0.3) is 0 Å². The van der Waals surface area contributed by atoms with Gasteiger partial charge in [0.2, 0.25) is 5.91 Å². The molecule has 1 heterocycles. The summed E-state index contributed by atoms with van der Waals surface area (Å²) in [6.07, 6.45) is 0.563. The highest BCUT2D eigenvalue weighted by atomic mass is 35.5. The van der Waals surface area contributed by atoms with Crippen molar-refractivity contribution < 1.29 is 18.7 Å². The molecule has 0 saturated carbocycles. The van der Waals surface area contributed by atoms with Gasteiger partial charge in [0.15, 0.2) is 0 Å². The number of benzene rings is 2. The molecule has 4 nitrogen and oxygen atoms in total. The zero-order valence-corrected chi connectivity index (χ0v) is 15.7. The Morgan fingerprint density at radius 3 is 2.81 bits per heavy atom. The second-order valence-electron chi connectivity index (χ2n) is 7.00.